The Morgan fingerprint density at radius 3 is 2.67 bits per heavy atom. The van der Waals surface area contributed by atoms with Gasteiger partial charge in [-0.25, -0.2) is 0 Å². The SMILES string of the molecule is CC(C)(C)NCc1ccc(COCCC2CC2)o1. The highest BCUT2D eigenvalue weighted by Gasteiger charge is 2.20. The van der Waals surface area contributed by atoms with Crippen LogP contribution in [0.25, 0.3) is 0 Å². The van der Waals surface area contributed by atoms with Crippen molar-refractivity contribution in [1.82, 2.24) is 5.32 Å². The Balaban J connectivity index is 1.65. The fourth-order valence-corrected chi connectivity index (χ4v) is 1.78. The Kier molecular flexibility index (Phi) is 4.46. The van der Waals surface area contributed by atoms with Gasteiger partial charge in [-0.1, -0.05) is 12.8 Å². The van der Waals surface area contributed by atoms with Crippen molar-refractivity contribution in [2.75, 3.05) is 6.61 Å². The molecule has 0 unspecified atom stereocenters. The van der Waals surface area contributed by atoms with Gasteiger partial charge in [0.05, 0.1) is 6.54 Å². The molecule has 1 aliphatic carbocycles. The molecule has 0 aromatic carbocycles. The van der Waals surface area contributed by atoms with Crippen molar-refractivity contribution in [3.63, 3.8) is 0 Å². The minimum Gasteiger partial charge on any atom is -0.462 e. The van der Waals surface area contributed by atoms with Gasteiger partial charge in [0.1, 0.15) is 18.1 Å². The molecule has 0 bridgehead atoms. The molecule has 0 atom stereocenters. The monoisotopic (exact) mass is 251 g/mol. The predicted molar refractivity (Wildman–Crippen MR) is 72.3 cm³/mol. The van der Waals surface area contributed by atoms with E-state index in [1.165, 1.54) is 19.3 Å². The lowest BCUT2D eigenvalue weighted by Crippen LogP contribution is -2.34. The van der Waals surface area contributed by atoms with E-state index >= 15 is 0 Å². The Morgan fingerprint density at radius 2 is 2.00 bits per heavy atom. The van der Waals surface area contributed by atoms with E-state index in [1.54, 1.807) is 0 Å². The zero-order chi connectivity index (χ0) is 13.0. The summed E-state index contributed by atoms with van der Waals surface area (Å²) in [7, 11) is 0. The van der Waals surface area contributed by atoms with Crippen LogP contribution in [0.15, 0.2) is 16.5 Å². The molecule has 1 saturated carbocycles. The number of ether oxygens (including phenoxy) is 1. The van der Waals surface area contributed by atoms with Gasteiger partial charge in [-0.3, -0.25) is 0 Å². The number of hydrogen-bond donors (Lipinski definition) is 1. The molecule has 3 heteroatoms. The van der Waals surface area contributed by atoms with E-state index in [0.29, 0.717) is 6.61 Å². The van der Waals surface area contributed by atoms with Gasteiger partial charge in [0.15, 0.2) is 0 Å². The molecule has 1 N–H and O–H groups in total. The van der Waals surface area contributed by atoms with Gasteiger partial charge < -0.3 is 14.5 Å². The van der Waals surface area contributed by atoms with Crippen molar-refractivity contribution in [2.45, 2.75) is 58.7 Å². The van der Waals surface area contributed by atoms with Crippen LogP contribution in [0.3, 0.4) is 0 Å². The first-order chi connectivity index (χ1) is 8.53. The van der Waals surface area contributed by atoms with Crippen LogP contribution in [0.5, 0.6) is 0 Å². The van der Waals surface area contributed by atoms with Crippen LogP contribution >= 0.6 is 0 Å². The van der Waals surface area contributed by atoms with Gasteiger partial charge in [-0.15, -0.1) is 0 Å². The van der Waals surface area contributed by atoms with Crippen molar-refractivity contribution < 1.29 is 9.15 Å². The lowest BCUT2D eigenvalue weighted by atomic mass is 10.1. The van der Waals surface area contributed by atoms with Crippen molar-refractivity contribution >= 4 is 0 Å². The molecule has 102 valence electrons. The van der Waals surface area contributed by atoms with Gasteiger partial charge in [0.2, 0.25) is 0 Å². The normalized spacial score (nSPS) is 16.2. The van der Waals surface area contributed by atoms with Crippen LogP contribution in [0.2, 0.25) is 0 Å². The van der Waals surface area contributed by atoms with Crippen LogP contribution in [0.4, 0.5) is 0 Å². The second-order valence-corrected chi connectivity index (χ2v) is 6.26. The van der Waals surface area contributed by atoms with Crippen molar-refractivity contribution in [3.05, 3.63) is 23.7 Å². The Hall–Kier alpha value is -0.800. The lowest BCUT2D eigenvalue weighted by Gasteiger charge is -2.19. The molecule has 0 saturated heterocycles. The minimum absolute atomic E-state index is 0.119. The first kappa shape index (κ1) is 13.6. The Bertz CT molecular complexity index is 361. The maximum Gasteiger partial charge on any atom is 0.129 e. The van der Waals surface area contributed by atoms with E-state index in [9.17, 15) is 0 Å². The first-order valence-electron chi connectivity index (χ1n) is 6.93. The fraction of sp³-hybridized carbons (Fsp3) is 0.733. The fourth-order valence-electron chi connectivity index (χ4n) is 1.78. The molecule has 18 heavy (non-hydrogen) atoms. The molecule has 0 amide bonds. The highest BCUT2D eigenvalue weighted by atomic mass is 16.5. The first-order valence-corrected chi connectivity index (χ1v) is 6.93. The number of rotatable bonds is 7. The zero-order valence-electron chi connectivity index (χ0n) is 11.8. The summed E-state index contributed by atoms with van der Waals surface area (Å²) in [6, 6.07) is 4.04. The van der Waals surface area contributed by atoms with Crippen molar-refractivity contribution in [1.29, 1.82) is 0 Å². The van der Waals surface area contributed by atoms with Crippen molar-refractivity contribution in [3.8, 4) is 0 Å². The zero-order valence-corrected chi connectivity index (χ0v) is 11.8. The summed E-state index contributed by atoms with van der Waals surface area (Å²) in [6.07, 6.45) is 4.00. The summed E-state index contributed by atoms with van der Waals surface area (Å²) in [4.78, 5) is 0. The molecule has 1 aromatic heterocycles. The highest BCUT2D eigenvalue weighted by Crippen LogP contribution is 2.32. The number of furan rings is 1. The molecular weight excluding hydrogens is 226 g/mol. The number of nitrogens with one attached hydrogen (secondary N) is 1. The van der Waals surface area contributed by atoms with E-state index < -0.39 is 0 Å². The molecule has 0 aliphatic heterocycles. The van der Waals surface area contributed by atoms with Gasteiger partial charge in [0.25, 0.3) is 0 Å². The summed E-state index contributed by atoms with van der Waals surface area (Å²) < 4.78 is 11.3. The summed E-state index contributed by atoms with van der Waals surface area (Å²) >= 11 is 0. The van der Waals surface area contributed by atoms with E-state index in [2.05, 4.69) is 26.1 Å². The van der Waals surface area contributed by atoms with E-state index in [4.69, 9.17) is 9.15 Å². The summed E-state index contributed by atoms with van der Waals surface area (Å²) in [5.74, 6) is 2.84. The van der Waals surface area contributed by atoms with E-state index in [0.717, 1.165) is 30.6 Å². The van der Waals surface area contributed by atoms with Crippen LogP contribution < -0.4 is 5.32 Å². The molecule has 1 heterocycles. The van der Waals surface area contributed by atoms with Crippen LogP contribution in [0, 0.1) is 5.92 Å². The molecule has 3 nitrogen and oxygen atoms in total. The third-order valence-corrected chi connectivity index (χ3v) is 3.12. The lowest BCUT2D eigenvalue weighted by molar-refractivity contribution is 0.0998. The third-order valence-electron chi connectivity index (χ3n) is 3.12. The highest BCUT2D eigenvalue weighted by molar-refractivity contribution is 5.06. The van der Waals surface area contributed by atoms with Crippen LogP contribution in [-0.2, 0) is 17.9 Å². The van der Waals surface area contributed by atoms with Gasteiger partial charge >= 0.3 is 0 Å². The van der Waals surface area contributed by atoms with E-state index in [-0.39, 0.29) is 5.54 Å². The van der Waals surface area contributed by atoms with Gasteiger partial charge in [-0.2, -0.15) is 0 Å². The molecule has 2 rings (SSSR count). The Morgan fingerprint density at radius 1 is 1.28 bits per heavy atom. The molecule has 0 spiro atoms. The molecular formula is C15H25NO2. The molecule has 1 fully saturated rings. The third kappa shape index (κ3) is 5.23. The Labute approximate surface area is 110 Å². The number of hydrogen-bond acceptors (Lipinski definition) is 3. The van der Waals surface area contributed by atoms with Gasteiger partial charge in [-0.05, 0) is 45.2 Å². The van der Waals surface area contributed by atoms with Crippen LogP contribution in [0.1, 0.15) is 51.6 Å². The standard InChI is InChI=1S/C15H25NO2/c1-15(2,3)16-10-13-6-7-14(18-13)11-17-9-8-12-4-5-12/h6-7,12,16H,4-5,8-11H2,1-3H3. The maximum atomic E-state index is 5.71. The minimum atomic E-state index is 0.119. The predicted octanol–water partition coefficient (Wildman–Crippen LogP) is 3.48. The van der Waals surface area contributed by atoms with Crippen LogP contribution in [-0.4, -0.2) is 12.1 Å². The summed E-state index contributed by atoms with van der Waals surface area (Å²) in [5, 5.41) is 3.41. The largest absolute Gasteiger partial charge is 0.462 e. The quantitative estimate of drug-likeness (QED) is 0.753. The molecule has 1 aliphatic rings. The average Bonchev–Trinajstić information content (AvgIpc) is 3.00. The smallest absolute Gasteiger partial charge is 0.129 e. The average molecular weight is 251 g/mol. The second-order valence-electron chi connectivity index (χ2n) is 6.26. The van der Waals surface area contributed by atoms with Crippen molar-refractivity contribution in [2.24, 2.45) is 5.92 Å². The van der Waals surface area contributed by atoms with E-state index in [1.807, 2.05) is 12.1 Å². The van der Waals surface area contributed by atoms with Gasteiger partial charge in [0, 0.05) is 12.1 Å². The maximum absolute atomic E-state index is 5.71. The molecule has 1 aromatic rings. The summed E-state index contributed by atoms with van der Waals surface area (Å²) in [5.41, 5.74) is 0.119. The summed E-state index contributed by atoms with van der Waals surface area (Å²) in [6.45, 7) is 8.68. The topological polar surface area (TPSA) is 34.4 Å². The second kappa shape index (κ2) is 5.89. The molecule has 0 radical (unpaired) electrons.